The zero-order valence-corrected chi connectivity index (χ0v) is 19.3. The van der Waals surface area contributed by atoms with Gasteiger partial charge < -0.3 is 26.8 Å². The first kappa shape index (κ1) is 24.4. The summed E-state index contributed by atoms with van der Waals surface area (Å²) >= 11 is 0. The summed E-state index contributed by atoms with van der Waals surface area (Å²) in [5, 5.41) is 8.02. The molecule has 0 heterocycles. The average Bonchev–Trinajstić information content (AvgIpc) is 2.81. The lowest BCUT2D eigenvalue weighted by Crippen LogP contribution is -2.41. The maximum absolute atomic E-state index is 13.3. The van der Waals surface area contributed by atoms with Crippen molar-refractivity contribution in [3.8, 4) is 0 Å². The molecule has 7 nitrogen and oxygen atoms in total. The van der Waals surface area contributed by atoms with Gasteiger partial charge in [0, 0.05) is 17.8 Å². The van der Waals surface area contributed by atoms with E-state index in [0.29, 0.717) is 11.3 Å². The molecule has 0 fully saturated rings. The summed E-state index contributed by atoms with van der Waals surface area (Å²) in [6.45, 7) is 6.13. The average molecular weight is 449 g/mol. The Morgan fingerprint density at radius 3 is 2.45 bits per heavy atom. The van der Waals surface area contributed by atoms with Gasteiger partial charge in [-0.1, -0.05) is 48.5 Å². The molecule has 0 spiro atoms. The van der Waals surface area contributed by atoms with Crippen LogP contribution in [0.5, 0.6) is 0 Å². The molecule has 2 amide bonds. The summed E-state index contributed by atoms with van der Waals surface area (Å²) in [7, 11) is 0. The van der Waals surface area contributed by atoms with E-state index >= 15 is 0 Å². The van der Waals surface area contributed by atoms with E-state index < -0.39 is 11.9 Å². The van der Waals surface area contributed by atoms with Crippen LogP contribution in [0.3, 0.4) is 0 Å². The first-order chi connectivity index (χ1) is 15.8. The van der Waals surface area contributed by atoms with Crippen LogP contribution >= 0.6 is 0 Å². The van der Waals surface area contributed by atoms with E-state index in [2.05, 4.69) is 10.6 Å². The number of fused-ring (bicyclic) bond motifs is 1. The Kier molecular flexibility index (Phi) is 8.16. The molecule has 174 valence electrons. The summed E-state index contributed by atoms with van der Waals surface area (Å²) in [6, 6.07) is 18.2. The van der Waals surface area contributed by atoms with Crippen molar-refractivity contribution in [3.05, 3.63) is 77.4 Å². The highest BCUT2D eigenvalue weighted by atomic mass is 16.5. The Morgan fingerprint density at radius 1 is 1.00 bits per heavy atom. The Hall–Kier alpha value is -3.26. The normalized spacial score (nSPS) is 13.0. The molecule has 0 unspecified atom stereocenters. The van der Waals surface area contributed by atoms with Crippen molar-refractivity contribution in [3.63, 3.8) is 0 Å². The number of carbonyl (C=O) groups excluding carboxylic acids is 2. The van der Waals surface area contributed by atoms with E-state index in [9.17, 15) is 9.59 Å². The number of nitrogens with two attached hydrogens (primary N) is 2. The Bertz CT molecular complexity index is 1120. The van der Waals surface area contributed by atoms with Crippen molar-refractivity contribution in [1.29, 1.82) is 0 Å². The molecule has 3 aromatic carbocycles. The highest BCUT2D eigenvalue weighted by Gasteiger charge is 2.19. The molecule has 0 saturated heterocycles. The third kappa shape index (κ3) is 6.16. The van der Waals surface area contributed by atoms with Gasteiger partial charge in [-0.3, -0.25) is 9.59 Å². The van der Waals surface area contributed by atoms with Crippen molar-refractivity contribution in [2.75, 3.05) is 11.9 Å². The van der Waals surface area contributed by atoms with Gasteiger partial charge in [-0.05, 0) is 54.8 Å². The van der Waals surface area contributed by atoms with Crippen LogP contribution in [0.25, 0.3) is 10.8 Å². The molecule has 0 aromatic heterocycles. The zero-order valence-electron chi connectivity index (χ0n) is 19.3. The lowest BCUT2D eigenvalue weighted by atomic mass is 9.99. The number of amides is 2. The SMILES string of the molecule is CC(C)OCc1ccc(NC(=O)[C@@H](N)CN)cc1C(=O)N[C@H](C)c1cccc2ccccc12. The van der Waals surface area contributed by atoms with Gasteiger partial charge >= 0.3 is 0 Å². The highest BCUT2D eigenvalue weighted by molar-refractivity contribution is 6.00. The Balaban J connectivity index is 1.88. The molecule has 7 heteroatoms. The van der Waals surface area contributed by atoms with Crippen molar-refractivity contribution in [2.45, 2.75) is 45.6 Å². The van der Waals surface area contributed by atoms with Gasteiger partial charge in [0.05, 0.1) is 24.8 Å². The number of nitrogens with one attached hydrogen (secondary N) is 2. The van der Waals surface area contributed by atoms with Gasteiger partial charge in [-0.2, -0.15) is 0 Å². The number of hydrogen-bond acceptors (Lipinski definition) is 5. The summed E-state index contributed by atoms with van der Waals surface area (Å²) in [4.78, 5) is 25.5. The van der Waals surface area contributed by atoms with Crippen LogP contribution in [0.2, 0.25) is 0 Å². The number of carbonyl (C=O) groups is 2. The van der Waals surface area contributed by atoms with Crippen molar-refractivity contribution < 1.29 is 14.3 Å². The molecule has 0 bridgehead atoms. The van der Waals surface area contributed by atoms with Gasteiger partial charge in [0.25, 0.3) is 5.91 Å². The van der Waals surface area contributed by atoms with E-state index in [4.69, 9.17) is 16.2 Å². The molecule has 6 N–H and O–H groups in total. The largest absolute Gasteiger partial charge is 0.374 e. The van der Waals surface area contributed by atoms with E-state index in [1.54, 1.807) is 18.2 Å². The third-order valence-electron chi connectivity index (χ3n) is 5.42. The number of rotatable bonds is 9. The van der Waals surface area contributed by atoms with Crippen molar-refractivity contribution in [2.24, 2.45) is 11.5 Å². The van der Waals surface area contributed by atoms with Gasteiger partial charge in [0.15, 0.2) is 0 Å². The zero-order chi connectivity index (χ0) is 24.0. The first-order valence-corrected chi connectivity index (χ1v) is 11.1. The molecule has 0 aliphatic carbocycles. The van der Waals surface area contributed by atoms with Crippen LogP contribution in [0.1, 0.15) is 48.3 Å². The van der Waals surface area contributed by atoms with Crippen molar-refractivity contribution in [1.82, 2.24) is 5.32 Å². The highest BCUT2D eigenvalue weighted by Crippen LogP contribution is 2.25. The number of hydrogen-bond donors (Lipinski definition) is 4. The van der Waals surface area contributed by atoms with Gasteiger partial charge in [-0.25, -0.2) is 0 Å². The molecule has 0 saturated carbocycles. The van der Waals surface area contributed by atoms with E-state index in [-0.39, 0.29) is 31.2 Å². The van der Waals surface area contributed by atoms with Crippen LogP contribution < -0.4 is 22.1 Å². The van der Waals surface area contributed by atoms with Crippen LogP contribution in [-0.2, 0) is 16.1 Å². The Labute approximate surface area is 194 Å². The number of ether oxygens (including phenoxy) is 1. The van der Waals surface area contributed by atoms with Crippen LogP contribution in [-0.4, -0.2) is 30.5 Å². The van der Waals surface area contributed by atoms with E-state index in [1.165, 1.54) is 0 Å². The molecular formula is C26H32N4O3. The second-order valence-corrected chi connectivity index (χ2v) is 8.33. The molecular weight excluding hydrogens is 416 g/mol. The minimum atomic E-state index is -0.822. The number of anilines is 1. The summed E-state index contributed by atoms with van der Waals surface area (Å²) < 4.78 is 5.74. The summed E-state index contributed by atoms with van der Waals surface area (Å²) in [6.07, 6.45) is 0.0115. The molecule has 3 aromatic rings. The van der Waals surface area contributed by atoms with Crippen LogP contribution in [0.4, 0.5) is 5.69 Å². The topological polar surface area (TPSA) is 119 Å². The predicted octanol–water partition coefficient (Wildman–Crippen LogP) is 3.48. The monoisotopic (exact) mass is 448 g/mol. The quantitative estimate of drug-likeness (QED) is 0.400. The molecule has 0 aliphatic rings. The van der Waals surface area contributed by atoms with Crippen molar-refractivity contribution >= 4 is 28.3 Å². The maximum Gasteiger partial charge on any atom is 0.252 e. The predicted molar refractivity (Wildman–Crippen MR) is 132 cm³/mol. The third-order valence-corrected chi connectivity index (χ3v) is 5.42. The second-order valence-electron chi connectivity index (χ2n) is 8.33. The minimum absolute atomic E-state index is 0.0115. The van der Waals surface area contributed by atoms with Gasteiger partial charge in [-0.15, -0.1) is 0 Å². The van der Waals surface area contributed by atoms with Gasteiger partial charge in [0.2, 0.25) is 5.91 Å². The fourth-order valence-electron chi connectivity index (χ4n) is 3.57. The smallest absolute Gasteiger partial charge is 0.252 e. The summed E-state index contributed by atoms with van der Waals surface area (Å²) in [5.74, 6) is -0.656. The lowest BCUT2D eigenvalue weighted by Gasteiger charge is -2.19. The maximum atomic E-state index is 13.3. The number of benzene rings is 3. The van der Waals surface area contributed by atoms with Crippen LogP contribution in [0, 0.1) is 0 Å². The first-order valence-electron chi connectivity index (χ1n) is 11.1. The fraction of sp³-hybridized carbons (Fsp3) is 0.308. The van der Waals surface area contributed by atoms with Crippen LogP contribution in [0.15, 0.2) is 60.7 Å². The van der Waals surface area contributed by atoms with Gasteiger partial charge in [0.1, 0.15) is 0 Å². The molecule has 3 rings (SSSR count). The summed E-state index contributed by atoms with van der Waals surface area (Å²) in [5.41, 5.74) is 13.9. The molecule has 0 radical (unpaired) electrons. The standard InChI is InChI=1S/C26H32N4O3/c1-16(2)33-15-19-11-12-20(30-26(32)24(28)14-27)13-23(19)25(31)29-17(3)21-10-6-8-18-7-4-5-9-22(18)21/h4-13,16-17,24H,14-15,27-28H2,1-3H3,(H,29,31)(H,30,32)/t17-,24+/m1/s1. The molecule has 2 atom stereocenters. The Morgan fingerprint density at radius 2 is 1.73 bits per heavy atom. The fourth-order valence-corrected chi connectivity index (χ4v) is 3.57. The second kappa shape index (κ2) is 11.0. The molecule has 0 aliphatic heterocycles. The van der Waals surface area contributed by atoms with E-state index in [0.717, 1.165) is 21.9 Å². The van der Waals surface area contributed by atoms with E-state index in [1.807, 2.05) is 63.2 Å². The molecule has 33 heavy (non-hydrogen) atoms. The lowest BCUT2D eigenvalue weighted by molar-refractivity contribution is -0.117. The minimum Gasteiger partial charge on any atom is -0.374 e.